The van der Waals surface area contributed by atoms with Gasteiger partial charge in [-0.25, -0.2) is 0 Å². The van der Waals surface area contributed by atoms with Gasteiger partial charge in [0.1, 0.15) is 5.58 Å². The summed E-state index contributed by atoms with van der Waals surface area (Å²) in [5, 5.41) is 1.18. The lowest BCUT2D eigenvalue weighted by Gasteiger charge is -1.96. The van der Waals surface area contributed by atoms with Crippen LogP contribution < -0.4 is 0 Å². The van der Waals surface area contributed by atoms with E-state index in [0.717, 1.165) is 17.8 Å². The number of benzene rings is 1. The molecule has 0 radical (unpaired) electrons. The molecule has 0 bridgehead atoms. The summed E-state index contributed by atoms with van der Waals surface area (Å²) in [5.74, 6) is 0.892. The van der Waals surface area contributed by atoms with Gasteiger partial charge in [0.15, 0.2) is 0 Å². The van der Waals surface area contributed by atoms with Crippen molar-refractivity contribution >= 4 is 23.6 Å². The van der Waals surface area contributed by atoms with Crippen LogP contribution >= 0.6 is 12.6 Å². The van der Waals surface area contributed by atoms with Gasteiger partial charge < -0.3 is 4.42 Å². The fourth-order valence-corrected chi connectivity index (χ4v) is 1.56. The molecule has 0 N–H and O–H groups in total. The minimum atomic E-state index is 0.892. The summed E-state index contributed by atoms with van der Waals surface area (Å²) < 4.78 is 5.23. The van der Waals surface area contributed by atoms with Crippen molar-refractivity contribution in [2.75, 3.05) is 5.75 Å². The Morgan fingerprint density at radius 1 is 1.25 bits per heavy atom. The zero-order chi connectivity index (χ0) is 8.39. The van der Waals surface area contributed by atoms with Crippen LogP contribution in [-0.4, -0.2) is 5.75 Å². The second-order valence-corrected chi connectivity index (χ2v) is 3.21. The van der Waals surface area contributed by atoms with Gasteiger partial charge in [-0.15, -0.1) is 0 Å². The third kappa shape index (κ3) is 1.34. The zero-order valence-corrected chi connectivity index (χ0v) is 7.55. The normalized spacial score (nSPS) is 10.8. The minimum Gasteiger partial charge on any atom is -0.464 e. The molecule has 12 heavy (non-hydrogen) atoms. The van der Waals surface area contributed by atoms with E-state index in [1.807, 2.05) is 12.1 Å². The smallest absolute Gasteiger partial charge is 0.133 e. The highest BCUT2D eigenvalue weighted by molar-refractivity contribution is 7.80. The second-order valence-electron chi connectivity index (χ2n) is 2.77. The van der Waals surface area contributed by atoms with E-state index in [2.05, 4.69) is 24.8 Å². The predicted octanol–water partition coefficient (Wildman–Crippen LogP) is 2.91. The van der Waals surface area contributed by atoms with Gasteiger partial charge in [-0.2, -0.15) is 12.6 Å². The zero-order valence-electron chi connectivity index (χ0n) is 6.66. The Hall–Kier alpha value is -0.890. The van der Waals surface area contributed by atoms with Crippen LogP contribution in [0, 0.1) is 0 Å². The Morgan fingerprint density at radius 3 is 3.00 bits per heavy atom. The molecule has 1 aromatic heterocycles. The summed E-state index contributed by atoms with van der Waals surface area (Å²) in [6.45, 7) is 0. The van der Waals surface area contributed by atoms with Gasteiger partial charge in [-0.3, -0.25) is 0 Å². The molecule has 1 heterocycles. The molecule has 0 atom stereocenters. The van der Waals surface area contributed by atoms with Crippen LogP contribution in [-0.2, 0) is 6.42 Å². The number of furan rings is 1. The van der Waals surface area contributed by atoms with Gasteiger partial charge >= 0.3 is 0 Å². The Bertz CT molecular complexity index is 378. The van der Waals surface area contributed by atoms with E-state index >= 15 is 0 Å². The summed E-state index contributed by atoms with van der Waals surface area (Å²) in [5.41, 5.74) is 2.27. The molecule has 0 amide bonds. The lowest BCUT2D eigenvalue weighted by atomic mass is 10.1. The first-order chi connectivity index (χ1) is 5.90. The number of hydrogen-bond acceptors (Lipinski definition) is 2. The van der Waals surface area contributed by atoms with Gasteiger partial charge in [0.05, 0.1) is 6.26 Å². The fraction of sp³-hybridized carbons (Fsp3) is 0.200. The highest BCUT2D eigenvalue weighted by Crippen LogP contribution is 2.17. The van der Waals surface area contributed by atoms with Crippen molar-refractivity contribution in [3.05, 3.63) is 36.1 Å². The maximum Gasteiger partial charge on any atom is 0.133 e. The number of fused-ring (bicyclic) bond motifs is 1. The van der Waals surface area contributed by atoms with E-state index in [9.17, 15) is 0 Å². The Balaban J connectivity index is 2.46. The number of hydrogen-bond donors (Lipinski definition) is 1. The highest BCUT2D eigenvalue weighted by Gasteiger charge is 1.97. The molecule has 0 aliphatic carbocycles. The predicted molar refractivity (Wildman–Crippen MR) is 53.8 cm³/mol. The van der Waals surface area contributed by atoms with Crippen LogP contribution in [0.4, 0.5) is 0 Å². The summed E-state index contributed by atoms with van der Waals surface area (Å²) in [6.07, 6.45) is 2.74. The molecule has 0 saturated carbocycles. The van der Waals surface area contributed by atoms with Gasteiger partial charge in [0.2, 0.25) is 0 Å². The monoisotopic (exact) mass is 178 g/mol. The molecule has 0 unspecified atom stereocenters. The van der Waals surface area contributed by atoms with Crippen molar-refractivity contribution in [1.29, 1.82) is 0 Å². The van der Waals surface area contributed by atoms with E-state index in [4.69, 9.17) is 4.42 Å². The highest BCUT2D eigenvalue weighted by atomic mass is 32.1. The van der Waals surface area contributed by atoms with Crippen LogP contribution in [0.15, 0.2) is 34.9 Å². The summed E-state index contributed by atoms with van der Waals surface area (Å²) in [6, 6.07) is 8.22. The van der Waals surface area contributed by atoms with Crippen LogP contribution in [0.3, 0.4) is 0 Å². The summed E-state index contributed by atoms with van der Waals surface area (Å²) in [7, 11) is 0. The Labute approximate surface area is 76.8 Å². The molecule has 1 nitrogen and oxygen atoms in total. The van der Waals surface area contributed by atoms with E-state index in [-0.39, 0.29) is 0 Å². The molecule has 0 fully saturated rings. The Kier molecular flexibility index (Phi) is 2.09. The maximum absolute atomic E-state index is 5.23. The lowest BCUT2D eigenvalue weighted by Crippen LogP contribution is -1.84. The lowest BCUT2D eigenvalue weighted by molar-refractivity contribution is 0.616. The van der Waals surface area contributed by atoms with Crippen molar-refractivity contribution in [3.63, 3.8) is 0 Å². The van der Waals surface area contributed by atoms with Crippen molar-refractivity contribution in [2.45, 2.75) is 6.42 Å². The molecular formula is C10H10OS. The molecule has 62 valence electrons. The molecule has 0 spiro atoms. The summed E-state index contributed by atoms with van der Waals surface area (Å²) >= 11 is 4.19. The van der Waals surface area contributed by atoms with E-state index < -0.39 is 0 Å². The Morgan fingerprint density at radius 2 is 2.17 bits per heavy atom. The standard InChI is InChI=1S/C10H10OS/c12-6-4-8-1-2-10-9(7-8)3-5-11-10/h1-3,5,7,12H,4,6H2. The van der Waals surface area contributed by atoms with Crippen molar-refractivity contribution < 1.29 is 4.42 Å². The van der Waals surface area contributed by atoms with Crippen molar-refractivity contribution in [2.24, 2.45) is 0 Å². The van der Waals surface area contributed by atoms with Crippen LogP contribution in [0.5, 0.6) is 0 Å². The van der Waals surface area contributed by atoms with Crippen LogP contribution in [0.2, 0.25) is 0 Å². The molecule has 0 saturated heterocycles. The largest absolute Gasteiger partial charge is 0.464 e. The van der Waals surface area contributed by atoms with Crippen LogP contribution in [0.25, 0.3) is 11.0 Å². The number of rotatable bonds is 2. The van der Waals surface area contributed by atoms with Crippen molar-refractivity contribution in [3.8, 4) is 0 Å². The SMILES string of the molecule is SCCc1ccc2occc2c1. The average molecular weight is 178 g/mol. The third-order valence-corrected chi connectivity index (χ3v) is 2.14. The second kappa shape index (κ2) is 3.23. The van der Waals surface area contributed by atoms with E-state index in [0.29, 0.717) is 0 Å². The molecular weight excluding hydrogens is 168 g/mol. The topological polar surface area (TPSA) is 13.1 Å². The van der Waals surface area contributed by atoms with Gasteiger partial charge in [-0.05, 0) is 35.9 Å². The third-order valence-electron chi connectivity index (χ3n) is 1.92. The summed E-state index contributed by atoms with van der Waals surface area (Å²) in [4.78, 5) is 0. The first-order valence-corrected chi connectivity index (χ1v) is 4.60. The molecule has 2 heteroatoms. The molecule has 0 aliphatic rings. The number of aryl methyl sites for hydroxylation is 1. The fourth-order valence-electron chi connectivity index (χ4n) is 1.30. The molecule has 0 aliphatic heterocycles. The quantitative estimate of drug-likeness (QED) is 0.698. The molecule has 2 aromatic rings. The maximum atomic E-state index is 5.23. The van der Waals surface area contributed by atoms with E-state index in [1.165, 1.54) is 10.9 Å². The molecule has 2 rings (SSSR count). The molecule has 1 aromatic carbocycles. The average Bonchev–Trinajstić information content (AvgIpc) is 2.51. The first-order valence-electron chi connectivity index (χ1n) is 3.97. The van der Waals surface area contributed by atoms with E-state index in [1.54, 1.807) is 6.26 Å². The van der Waals surface area contributed by atoms with Gasteiger partial charge in [0, 0.05) is 5.39 Å². The minimum absolute atomic E-state index is 0.892. The van der Waals surface area contributed by atoms with Crippen molar-refractivity contribution in [1.82, 2.24) is 0 Å². The number of thiol groups is 1. The van der Waals surface area contributed by atoms with Gasteiger partial charge in [0.25, 0.3) is 0 Å². The van der Waals surface area contributed by atoms with Crippen LogP contribution in [0.1, 0.15) is 5.56 Å². The van der Waals surface area contributed by atoms with Gasteiger partial charge in [-0.1, -0.05) is 6.07 Å². The first kappa shape index (κ1) is 7.74.